The number of carbonyl (C=O) groups excluding carboxylic acids is 1. The first kappa shape index (κ1) is 18.2. The van der Waals surface area contributed by atoms with E-state index < -0.39 is 0 Å². The number of amides is 1. The van der Waals surface area contributed by atoms with Gasteiger partial charge in [-0.15, -0.1) is 0 Å². The molecule has 1 atom stereocenters. The molecule has 1 unspecified atom stereocenters. The fourth-order valence-corrected chi connectivity index (χ4v) is 4.13. The molecule has 1 fully saturated rings. The lowest BCUT2D eigenvalue weighted by atomic mass is 10.2. The number of hydrogen-bond acceptors (Lipinski definition) is 5. The first-order chi connectivity index (χ1) is 13.2. The van der Waals surface area contributed by atoms with Crippen LogP contribution in [0.5, 0.6) is 5.75 Å². The molecule has 0 bridgehead atoms. The summed E-state index contributed by atoms with van der Waals surface area (Å²) in [5, 5.41) is 1.31. The zero-order valence-corrected chi connectivity index (χ0v) is 16.2. The molecule has 0 saturated carbocycles. The van der Waals surface area contributed by atoms with Crippen molar-refractivity contribution in [3.63, 3.8) is 0 Å². The third kappa shape index (κ3) is 4.40. The Balaban J connectivity index is 1.52. The van der Waals surface area contributed by atoms with E-state index in [1.807, 2.05) is 24.3 Å². The quantitative estimate of drug-likeness (QED) is 0.607. The Morgan fingerprint density at radius 2 is 2.07 bits per heavy atom. The number of benzene rings is 2. The third-order valence-electron chi connectivity index (χ3n) is 4.40. The lowest BCUT2D eigenvalue weighted by Crippen LogP contribution is -2.40. The normalized spacial score (nSPS) is 16.6. The molecule has 2 aromatic carbocycles. The summed E-state index contributed by atoms with van der Waals surface area (Å²) in [7, 11) is 0. The number of halogens is 1. The molecule has 140 valence electrons. The van der Waals surface area contributed by atoms with Crippen LogP contribution < -0.4 is 9.64 Å². The molecule has 27 heavy (non-hydrogen) atoms. The van der Waals surface area contributed by atoms with Crippen molar-refractivity contribution in [2.24, 2.45) is 0 Å². The van der Waals surface area contributed by atoms with Crippen molar-refractivity contribution in [1.82, 2.24) is 4.98 Å². The molecule has 5 nitrogen and oxygen atoms in total. The Kier molecular flexibility index (Phi) is 5.57. The SMILES string of the molecule is O=C(COc1ccc(Cl)cc1)N(CC1CCCO1)c1nc2ccccc2s1. The van der Waals surface area contributed by atoms with Crippen molar-refractivity contribution in [3.05, 3.63) is 53.6 Å². The van der Waals surface area contributed by atoms with Gasteiger partial charge in [0.05, 0.1) is 22.9 Å². The summed E-state index contributed by atoms with van der Waals surface area (Å²) in [4.78, 5) is 19.3. The van der Waals surface area contributed by atoms with Crippen LogP contribution in [0.4, 0.5) is 5.13 Å². The molecule has 3 aromatic rings. The molecule has 0 N–H and O–H groups in total. The maximum absolute atomic E-state index is 12.9. The van der Waals surface area contributed by atoms with Gasteiger partial charge in [0.15, 0.2) is 11.7 Å². The molecule has 7 heteroatoms. The highest BCUT2D eigenvalue weighted by Crippen LogP contribution is 2.30. The number of aromatic nitrogens is 1. The van der Waals surface area contributed by atoms with E-state index in [-0.39, 0.29) is 18.6 Å². The van der Waals surface area contributed by atoms with Gasteiger partial charge in [-0.05, 0) is 49.2 Å². The molecule has 0 aliphatic carbocycles. The van der Waals surface area contributed by atoms with Crippen LogP contribution in [-0.2, 0) is 9.53 Å². The topological polar surface area (TPSA) is 51.7 Å². The molecule has 0 spiro atoms. The van der Waals surface area contributed by atoms with E-state index >= 15 is 0 Å². The summed E-state index contributed by atoms with van der Waals surface area (Å²) in [6, 6.07) is 14.8. The van der Waals surface area contributed by atoms with E-state index in [2.05, 4.69) is 4.98 Å². The van der Waals surface area contributed by atoms with Crippen molar-refractivity contribution in [3.8, 4) is 5.75 Å². The van der Waals surface area contributed by atoms with Crippen LogP contribution in [0.15, 0.2) is 48.5 Å². The maximum Gasteiger partial charge on any atom is 0.266 e. The molecule has 1 amide bonds. The summed E-state index contributed by atoms with van der Waals surface area (Å²) in [6.07, 6.45) is 2.01. The Bertz CT molecular complexity index is 889. The summed E-state index contributed by atoms with van der Waals surface area (Å²) in [5.41, 5.74) is 0.890. The molecule has 1 saturated heterocycles. The summed E-state index contributed by atoms with van der Waals surface area (Å²) in [6.45, 7) is 1.17. The number of fused-ring (bicyclic) bond motifs is 1. The van der Waals surface area contributed by atoms with E-state index in [0.717, 1.165) is 29.7 Å². The monoisotopic (exact) mass is 402 g/mol. The van der Waals surface area contributed by atoms with Gasteiger partial charge in [-0.25, -0.2) is 4.98 Å². The third-order valence-corrected chi connectivity index (χ3v) is 5.71. The summed E-state index contributed by atoms with van der Waals surface area (Å²) in [5.74, 6) is 0.466. The van der Waals surface area contributed by atoms with Crippen molar-refractivity contribution < 1.29 is 14.3 Å². The zero-order chi connectivity index (χ0) is 18.6. The van der Waals surface area contributed by atoms with E-state index in [1.165, 1.54) is 11.3 Å². The average Bonchev–Trinajstić information content (AvgIpc) is 3.34. The highest BCUT2D eigenvalue weighted by Gasteiger charge is 2.26. The largest absolute Gasteiger partial charge is 0.484 e. The Morgan fingerprint density at radius 1 is 1.26 bits per heavy atom. The van der Waals surface area contributed by atoms with Crippen LogP contribution in [0.2, 0.25) is 5.02 Å². The molecule has 0 radical (unpaired) electrons. The van der Waals surface area contributed by atoms with Crippen LogP contribution in [0.25, 0.3) is 10.2 Å². The molecule has 4 rings (SSSR count). The fraction of sp³-hybridized carbons (Fsp3) is 0.300. The molecular weight excluding hydrogens is 384 g/mol. The molecule has 1 aliphatic rings. The highest BCUT2D eigenvalue weighted by atomic mass is 35.5. The van der Waals surface area contributed by atoms with Gasteiger partial charge in [0.2, 0.25) is 0 Å². The van der Waals surface area contributed by atoms with E-state index in [0.29, 0.717) is 22.4 Å². The molecular formula is C20H19ClN2O3S. The van der Waals surface area contributed by atoms with Crippen molar-refractivity contribution in [2.45, 2.75) is 18.9 Å². The Labute approximate surface area is 166 Å². The van der Waals surface area contributed by atoms with Crippen LogP contribution in [0.1, 0.15) is 12.8 Å². The predicted octanol–water partition coefficient (Wildman–Crippen LogP) is 4.54. The van der Waals surface area contributed by atoms with Gasteiger partial charge in [-0.1, -0.05) is 35.1 Å². The van der Waals surface area contributed by atoms with Gasteiger partial charge in [0, 0.05) is 11.6 Å². The minimum Gasteiger partial charge on any atom is -0.484 e. The van der Waals surface area contributed by atoms with Gasteiger partial charge in [-0.2, -0.15) is 0 Å². The summed E-state index contributed by atoms with van der Waals surface area (Å²) >= 11 is 7.39. The van der Waals surface area contributed by atoms with E-state index in [9.17, 15) is 4.79 Å². The number of rotatable bonds is 6. The number of ether oxygens (including phenoxy) is 2. The summed E-state index contributed by atoms with van der Waals surface area (Å²) < 4.78 is 12.4. The zero-order valence-electron chi connectivity index (χ0n) is 14.6. The lowest BCUT2D eigenvalue weighted by molar-refractivity contribution is -0.120. The predicted molar refractivity (Wildman–Crippen MR) is 108 cm³/mol. The van der Waals surface area contributed by atoms with Crippen molar-refractivity contribution in [1.29, 1.82) is 0 Å². The van der Waals surface area contributed by atoms with Crippen LogP contribution in [-0.4, -0.2) is 36.8 Å². The van der Waals surface area contributed by atoms with Gasteiger partial charge >= 0.3 is 0 Å². The molecule has 1 aromatic heterocycles. The minimum absolute atomic E-state index is 0.0384. The number of para-hydroxylation sites is 1. The number of hydrogen-bond donors (Lipinski definition) is 0. The van der Waals surface area contributed by atoms with Gasteiger partial charge < -0.3 is 9.47 Å². The van der Waals surface area contributed by atoms with Crippen molar-refractivity contribution in [2.75, 3.05) is 24.7 Å². The number of thiazole rings is 1. The number of nitrogens with zero attached hydrogens (tertiary/aromatic N) is 2. The van der Waals surface area contributed by atoms with Crippen LogP contribution >= 0.6 is 22.9 Å². The van der Waals surface area contributed by atoms with Crippen LogP contribution in [0, 0.1) is 0 Å². The molecule has 2 heterocycles. The van der Waals surface area contributed by atoms with E-state index in [1.54, 1.807) is 29.2 Å². The second-order valence-electron chi connectivity index (χ2n) is 6.35. The Morgan fingerprint density at radius 3 is 2.81 bits per heavy atom. The first-order valence-electron chi connectivity index (χ1n) is 8.85. The van der Waals surface area contributed by atoms with Crippen molar-refractivity contribution >= 4 is 44.2 Å². The smallest absolute Gasteiger partial charge is 0.266 e. The number of anilines is 1. The maximum atomic E-state index is 12.9. The minimum atomic E-state index is -0.139. The second-order valence-corrected chi connectivity index (χ2v) is 7.79. The second kappa shape index (κ2) is 8.25. The molecule has 1 aliphatic heterocycles. The standard InChI is InChI=1S/C20H19ClN2O3S/c21-14-7-9-15(10-8-14)26-13-19(24)23(12-16-4-3-11-25-16)20-22-17-5-1-2-6-18(17)27-20/h1-2,5-10,16H,3-4,11-13H2. The average molecular weight is 403 g/mol. The van der Waals surface area contributed by atoms with Crippen LogP contribution in [0.3, 0.4) is 0 Å². The van der Waals surface area contributed by atoms with Gasteiger partial charge in [0.25, 0.3) is 5.91 Å². The highest BCUT2D eigenvalue weighted by molar-refractivity contribution is 7.22. The Hall–Kier alpha value is -2.15. The van der Waals surface area contributed by atoms with Gasteiger partial charge in [0.1, 0.15) is 5.75 Å². The van der Waals surface area contributed by atoms with Gasteiger partial charge in [-0.3, -0.25) is 9.69 Å². The first-order valence-corrected chi connectivity index (χ1v) is 10.0. The fourth-order valence-electron chi connectivity index (χ4n) is 3.01. The number of carbonyl (C=O) groups is 1. The van der Waals surface area contributed by atoms with E-state index in [4.69, 9.17) is 21.1 Å². The lowest BCUT2D eigenvalue weighted by Gasteiger charge is -2.23.